The van der Waals surface area contributed by atoms with Crippen molar-refractivity contribution in [2.45, 2.75) is 57.3 Å². The van der Waals surface area contributed by atoms with E-state index in [9.17, 15) is 9.18 Å². The Morgan fingerprint density at radius 3 is 2.58 bits per heavy atom. The van der Waals surface area contributed by atoms with Gasteiger partial charge in [0.25, 0.3) is 5.91 Å². The van der Waals surface area contributed by atoms with Crippen LogP contribution < -0.4 is 10.2 Å². The number of rotatable bonds is 5. The Hall–Kier alpha value is -2.54. The molecule has 1 atom stereocenters. The first-order chi connectivity index (χ1) is 15.2. The van der Waals surface area contributed by atoms with Crippen molar-refractivity contribution in [3.63, 3.8) is 0 Å². The maximum Gasteiger partial charge on any atom is 0.271 e. The van der Waals surface area contributed by atoms with Gasteiger partial charge in [0.1, 0.15) is 17.7 Å². The maximum atomic E-state index is 13.4. The number of carbonyl (C=O) groups excluding carboxylic acids is 1. The SMILES string of the molecule is O=C(NCc1ccc2c(c1)CCN(C1CCC1)CC2)c1cnc(N2CC[C@H](F)C2)cn1. The molecule has 3 aliphatic rings. The van der Waals surface area contributed by atoms with Crippen LogP contribution in [0.3, 0.4) is 0 Å². The number of alkyl halides is 1. The predicted octanol–water partition coefficient (Wildman–Crippen LogP) is 2.91. The van der Waals surface area contributed by atoms with Crippen molar-refractivity contribution in [3.05, 3.63) is 53.0 Å². The molecule has 3 heterocycles. The molecule has 1 aromatic carbocycles. The minimum Gasteiger partial charge on any atom is -0.352 e. The highest BCUT2D eigenvalue weighted by Crippen LogP contribution is 2.27. The number of nitrogens with zero attached hydrogens (tertiary/aromatic N) is 4. The first-order valence-electron chi connectivity index (χ1n) is 11.5. The summed E-state index contributed by atoms with van der Waals surface area (Å²) in [6.45, 7) is 3.74. The molecule has 6 nitrogen and oxygen atoms in total. The van der Waals surface area contributed by atoms with E-state index in [1.54, 1.807) is 6.20 Å². The van der Waals surface area contributed by atoms with Crippen LogP contribution in [0.15, 0.2) is 30.6 Å². The summed E-state index contributed by atoms with van der Waals surface area (Å²) in [6, 6.07) is 7.39. The van der Waals surface area contributed by atoms with E-state index in [1.165, 1.54) is 36.6 Å². The topological polar surface area (TPSA) is 61.4 Å². The zero-order chi connectivity index (χ0) is 21.2. The Kier molecular flexibility index (Phi) is 5.85. The van der Waals surface area contributed by atoms with Crippen molar-refractivity contribution < 1.29 is 9.18 Å². The average Bonchev–Trinajstić information content (AvgIpc) is 3.09. The van der Waals surface area contributed by atoms with E-state index in [-0.39, 0.29) is 11.6 Å². The summed E-state index contributed by atoms with van der Waals surface area (Å²) in [5.41, 5.74) is 4.25. The van der Waals surface area contributed by atoms with Crippen LogP contribution in [0.1, 0.15) is 52.9 Å². The molecular weight excluding hydrogens is 393 g/mol. The molecule has 1 aliphatic carbocycles. The van der Waals surface area contributed by atoms with Crippen LogP contribution in [0.25, 0.3) is 0 Å². The minimum absolute atomic E-state index is 0.241. The summed E-state index contributed by atoms with van der Waals surface area (Å²) in [7, 11) is 0. The summed E-state index contributed by atoms with van der Waals surface area (Å²) in [5.74, 6) is 0.383. The van der Waals surface area contributed by atoms with E-state index < -0.39 is 6.17 Å². The van der Waals surface area contributed by atoms with Gasteiger partial charge in [-0.05, 0) is 48.8 Å². The molecule has 0 radical (unpaired) electrons. The molecule has 1 saturated carbocycles. The fraction of sp³-hybridized carbons (Fsp3) is 0.542. The molecule has 1 aromatic heterocycles. The molecule has 164 valence electrons. The molecular formula is C24H30FN5O. The van der Waals surface area contributed by atoms with Gasteiger partial charge in [0.05, 0.1) is 18.9 Å². The molecule has 5 rings (SSSR count). The summed E-state index contributed by atoms with van der Waals surface area (Å²) < 4.78 is 13.4. The van der Waals surface area contributed by atoms with Crippen LogP contribution in [0, 0.1) is 0 Å². The molecule has 1 amide bonds. The van der Waals surface area contributed by atoms with Crippen LogP contribution in [0.5, 0.6) is 0 Å². The van der Waals surface area contributed by atoms with E-state index in [0.29, 0.717) is 31.9 Å². The van der Waals surface area contributed by atoms with Crippen molar-refractivity contribution >= 4 is 11.7 Å². The number of halogens is 1. The van der Waals surface area contributed by atoms with Crippen molar-refractivity contribution in [2.75, 3.05) is 31.1 Å². The number of benzene rings is 1. The summed E-state index contributed by atoms with van der Waals surface area (Å²) in [6.07, 6.45) is 9.01. The highest BCUT2D eigenvalue weighted by Gasteiger charge is 2.26. The van der Waals surface area contributed by atoms with Gasteiger partial charge in [0.15, 0.2) is 0 Å². The van der Waals surface area contributed by atoms with Gasteiger partial charge in [-0.25, -0.2) is 14.4 Å². The Balaban J connectivity index is 1.17. The highest BCUT2D eigenvalue weighted by atomic mass is 19.1. The Bertz CT molecular complexity index is 930. The lowest BCUT2D eigenvalue weighted by molar-refractivity contribution is 0.0945. The van der Waals surface area contributed by atoms with Crippen LogP contribution >= 0.6 is 0 Å². The van der Waals surface area contributed by atoms with Crippen molar-refractivity contribution in [3.8, 4) is 0 Å². The highest BCUT2D eigenvalue weighted by molar-refractivity contribution is 5.91. The van der Waals surface area contributed by atoms with Crippen LogP contribution in [0.2, 0.25) is 0 Å². The molecule has 1 N–H and O–H groups in total. The Morgan fingerprint density at radius 1 is 1.06 bits per heavy atom. The van der Waals surface area contributed by atoms with Gasteiger partial charge in [0.2, 0.25) is 0 Å². The number of carbonyl (C=O) groups is 1. The van der Waals surface area contributed by atoms with Gasteiger partial charge >= 0.3 is 0 Å². The minimum atomic E-state index is -0.813. The fourth-order valence-corrected chi connectivity index (χ4v) is 4.82. The number of hydrogen-bond donors (Lipinski definition) is 1. The van der Waals surface area contributed by atoms with E-state index in [0.717, 1.165) is 37.5 Å². The molecule has 1 saturated heterocycles. The fourth-order valence-electron chi connectivity index (χ4n) is 4.82. The van der Waals surface area contributed by atoms with Gasteiger partial charge in [-0.15, -0.1) is 0 Å². The third-order valence-electron chi connectivity index (χ3n) is 6.98. The van der Waals surface area contributed by atoms with Crippen molar-refractivity contribution in [2.24, 2.45) is 0 Å². The van der Waals surface area contributed by atoms with E-state index in [2.05, 4.69) is 38.4 Å². The largest absolute Gasteiger partial charge is 0.352 e. The molecule has 7 heteroatoms. The van der Waals surface area contributed by atoms with E-state index in [1.807, 2.05) is 4.90 Å². The van der Waals surface area contributed by atoms with Gasteiger partial charge < -0.3 is 10.2 Å². The second-order valence-corrected chi connectivity index (χ2v) is 9.00. The molecule has 2 fully saturated rings. The zero-order valence-corrected chi connectivity index (χ0v) is 17.9. The Labute approximate surface area is 182 Å². The maximum absolute atomic E-state index is 13.4. The average molecular weight is 424 g/mol. The lowest BCUT2D eigenvalue weighted by atomic mass is 9.91. The van der Waals surface area contributed by atoms with Crippen molar-refractivity contribution in [1.29, 1.82) is 0 Å². The van der Waals surface area contributed by atoms with Gasteiger partial charge in [-0.1, -0.05) is 24.6 Å². The second-order valence-electron chi connectivity index (χ2n) is 9.00. The third kappa shape index (κ3) is 4.56. The van der Waals surface area contributed by atoms with Crippen LogP contribution in [-0.2, 0) is 19.4 Å². The smallest absolute Gasteiger partial charge is 0.271 e. The molecule has 2 aliphatic heterocycles. The normalized spacial score (nSPS) is 22.0. The number of hydrogen-bond acceptors (Lipinski definition) is 5. The summed E-state index contributed by atoms with van der Waals surface area (Å²) >= 11 is 0. The summed E-state index contributed by atoms with van der Waals surface area (Å²) in [4.78, 5) is 25.6. The van der Waals surface area contributed by atoms with Crippen LogP contribution in [-0.4, -0.2) is 59.2 Å². The van der Waals surface area contributed by atoms with Crippen molar-refractivity contribution in [1.82, 2.24) is 20.2 Å². The summed E-state index contributed by atoms with van der Waals surface area (Å²) in [5, 5.41) is 2.95. The lowest BCUT2D eigenvalue weighted by Crippen LogP contribution is -2.41. The van der Waals surface area contributed by atoms with Crippen LogP contribution in [0.4, 0.5) is 10.2 Å². The standard InChI is InChI=1S/C24H30FN5O/c25-20-8-11-30(16-20)23-15-26-22(14-27-23)24(31)28-13-17-4-5-18-6-9-29(21-2-1-3-21)10-7-19(18)12-17/h4-5,12,14-15,20-21H,1-3,6-11,13,16H2,(H,28,31)/t20-/m0/s1. The second kappa shape index (κ2) is 8.91. The molecule has 0 spiro atoms. The first-order valence-corrected chi connectivity index (χ1v) is 11.5. The monoisotopic (exact) mass is 423 g/mol. The van der Waals surface area contributed by atoms with E-state index in [4.69, 9.17) is 0 Å². The number of amides is 1. The number of fused-ring (bicyclic) bond motifs is 1. The molecule has 0 bridgehead atoms. The zero-order valence-electron chi connectivity index (χ0n) is 17.9. The van der Waals surface area contributed by atoms with E-state index >= 15 is 0 Å². The molecule has 0 unspecified atom stereocenters. The quantitative estimate of drug-likeness (QED) is 0.801. The third-order valence-corrected chi connectivity index (χ3v) is 6.98. The number of anilines is 1. The van der Waals surface area contributed by atoms with Gasteiger partial charge in [-0.3, -0.25) is 9.69 Å². The number of nitrogens with one attached hydrogen (secondary N) is 1. The Morgan fingerprint density at radius 2 is 1.90 bits per heavy atom. The van der Waals surface area contributed by atoms with Gasteiger partial charge in [0, 0.05) is 32.2 Å². The lowest BCUT2D eigenvalue weighted by Gasteiger charge is -2.36. The first kappa shape index (κ1) is 20.4. The van der Waals surface area contributed by atoms with Gasteiger partial charge in [-0.2, -0.15) is 0 Å². The molecule has 2 aromatic rings. The molecule has 31 heavy (non-hydrogen) atoms. The predicted molar refractivity (Wildman–Crippen MR) is 118 cm³/mol. The number of aromatic nitrogens is 2.